The van der Waals surface area contributed by atoms with Gasteiger partial charge in [0.2, 0.25) is 0 Å². The minimum absolute atomic E-state index is 0.00628. The number of nitrogens with zero attached hydrogens (tertiary/aromatic N) is 2. The van der Waals surface area contributed by atoms with E-state index in [2.05, 4.69) is 10.3 Å². The van der Waals surface area contributed by atoms with Gasteiger partial charge in [-0.2, -0.15) is 0 Å². The average molecular weight is 321 g/mol. The highest BCUT2D eigenvalue weighted by Gasteiger charge is 2.42. The van der Waals surface area contributed by atoms with Crippen LogP contribution in [0, 0.1) is 0 Å². The summed E-state index contributed by atoms with van der Waals surface area (Å²) in [5.41, 5.74) is 0.205. The summed E-state index contributed by atoms with van der Waals surface area (Å²) in [6.07, 6.45) is 5.56. The first-order chi connectivity index (χ1) is 10.6. The summed E-state index contributed by atoms with van der Waals surface area (Å²) in [5, 5.41) is 3.47. The first-order valence-corrected chi connectivity index (χ1v) is 8.61. The van der Waals surface area contributed by atoms with Crippen LogP contribution in [-0.4, -0.2) is 53.4 Å². The molecule has 2 amide bonds. The number of aromatic nitrogens is 1. The number of hydrogen-bond acceptors (Lipinski definition) is 5. The van der Waals surface area contributed by atoms with Crippen LogP contribution in [0.3, 0.4) is 0 Å². The van der Waals surface area contributed by atoms with Crippen molar-refractivity contribution in [2.75, 3.05) is 25.9 Å². The summed E-state index contributed by atoms with van der Waals surface area (Å²) < 4.78 is 5.44. The summed E-state index contributed by atoms with van der Waals surface area (Å²) in [6.45, 7) is 1.81. The second-order valence-electron chi connectivity index (χ2n) is 5.63. The second-order valence-corrected chi connectivity index (χ2v) is 6.43. The van der Waals surface area contributed by atoms with Gasteiger partial charge in [0.1, 0.15) is 10.6 Å². The van der Waals surface area contributed by atoms with Gasteiger partial charge < -0.3 is 15.0 Å². The van der Waals surface area contributed by atoms with E-state index in [-0.39, 0.29) is 12.0 Å². The molecule has 0 saturated carbocycles. The lowest BCUT2D eigenvalue weighted by Crippen LogP contribution is -2.36. The Labute approximate surface area is 133 Å². The van der Waals surface area contributed by atoms with Crippen molar-refractivity contribution in [3.8, 4) is 0 Å². The van der Waals surface area contributed by atoms with Crippen LogP contribution in [0.15, 0.2) is 23.4 Å². The second kappa shape index (κ2) is 6.16. The van der Waals surface area contributed by atoms with Crippen molar-refractivity contribution in [1.29, 1.82) is 0 Å². The van der Waals surface area contributed by atoms with E-state index >= 15 is 0 Å². The van der Waals surface area contributed by atoms with Crippen LogP contribution in [0.4, 0.5) is 4.79 Å². The molecule has 2 fully saturated rings. The predicted molar refractivity (Wildman–Crippen MR) is 83.0 cm³/mol. The van der Waals surface area contributed by atoms with Gasteiger partial charge in [0.15, 0.2) is 0 Å². The molecule has 6 nitrogen and oxygen atoms in total. The fraction of sp³-hybridized carbons (Fsp3) is 0.533. The number of hydrogen-bond donors (Lipinski definition) is 1. The number of carbonyl (C=O) groups excluding carboxylic acids is 2. The molecule has 7 heteroatoms. The number of nitrogens with one attached hydrogen (secondary N) is 1. The number of carbonyl (C=O) groups is 2. The van der Waals surface area contributed by atoms with E-state index in [0.717, 1.165) is 17.9 Å². The lowest BCUT2D eigenvalue weighted by molar-refractivity contribution is 0.0438. The minimum atomic E-state index is -0.441. The molecular formula is C15H19N3O3S. The molecule has 1 N–H and O–H groups in total. The summed E-state index contributed by atoms with van der Waals surface area (Å²) in [7, 11) is 0. The molecule has 2 aliphatic rings. The number of thioether (sulfide) groups is 1. The van der Waals surface area contributed by atoms with Gasteiger partial charge >= 0.3 is 6.09 Å². The van der Waals surface area contributed by atoms with Gasteiger partial charge in [-0.15, -0.1) is 11.8 Å². The SMILES string of the molecule is CSc1ncccc1C(=O)N1CCCC2(CC1)CNC(=O)O2. The Bertz CT molecular complexity index is 595. The third-order valence-corrected chi connectivity index (χ3v) is 4.96. The van der Waals surface area contributed by atoms with Gasteiger partial charge in [0.05, 0.1) is 12.1 Å². The van der Waals surface area contributed by atoms with Gasteiger partial charge in [0.25, 0.3) is 5.91 Å². The molecule has 1 aromatic rings. The maximum Gasteiger partial charge on any atom is 0.407 e. The molecular weight excluding hydrogens is 302 g/mol. The Morgan fingerprint density at radius 1 is 1.45 bits per heavy atom. The Morgan fingerprint density at radius 3 is 3.05 bits per heavy atom. The third-order valence-electron chi connectivity index (χ3n) is 4.24. The number of amides is 2. The molecule has 0 aliphatic carbocycles. The van der Waals surface area contributed by atoms with Crippen LogP contribution in [0.5, 0.6) is 0 Å². The summed E-state index contributed by atoms with van der Waals surface area (Å²) in [6, 6.07) is 3.61. The third kappa shape index (κ3) is 2.90. The smallest absolute Gasteiger partial charge is 0.407 e. The average Bonchev–Trinajstić information content (AvgIpc) is 2.78. The highest BCUT2D eigenvalue weighted by atomic mass is 32.2. The molecule has 1 atom stereocenters. The monoisotopic (exact) mass is 321 g/mol. The summed E-state index contributed by atoms with van der Waals surface area (Å²) >= 11 is 1.47. The zero-order chi connectivity index (χ0) is 15.6. The van der Waals surface area contributed by atoms with E-state index in [0.29, 0.717) is 31.6 Å². The van der Waals surface area contributed by atoms with E-state index in [1.54, 1.807) is 12.3 Å². The van der Waals surface area contributed by atoms with E-state index < -0.39 is 5.60 Å². The predicted octanol–water partition coefficient (Wildman–Crippen LogP) is 1.91. The van der Waals surface area contributed by atoms with E-state index in [9.17, 15) is 9.59 Å². The highest BCUT2D eigenvalue weighted by molar-refractivity contribution is 7.98. The van der Waals surface area contributed by atoms with Crippen molar-refractivity contribution < 1.29 is 14.3 Å². The first kappa shape index (κ1) is 15.1. The first-order valence-electron chi connectivity index (χ1n) is 7.39. The molecule has 22 heavy (non-hydrogen) atoms. The van der Waals surface area contributed by atoms with Gasteiger partial charge in [-0.05, 0) is 31.2 Å². The number of pyridine rings is 1. The van der Waals surface area contributed by atoms with E-state index in [4.69, 9.17) is 4.74 Å². The number of alkyl carbamates (subject to hydrolysis) is 1. The van der Waals surface area contributed by atoms with E-state index in [1.165, 1.54) is 11.8 Å². The van der Waals surface area contributed by atoms with Crippen LogP contribution in [0.25, 0.3) is 0 Å². The maximum atomic E-state index is 12.7. The molecule has 3 heterocycles. The van der Waals surface area contributed by atoms with Crippen molar-refractivity contribution >= 4 is 23.8 Å². The molecule has 1 aromatic heterocycles. The molecule has 0 radical (unpaired) electrons. The van der Waals surface area contributed by atoms with Gasteiger partial charge in [-0.25, -0.2) is 9.78 Å². The Balaban J connectivity index is 1.73. The van der Waals surface area contributed by atoms with Gasteiger partial charge in [-0.1, -0.05) is 0 Å². The van der Waals surface area contributed by atoms with Crippen LogP contribution in [-0.2, 0) is 4.74 Å². The Hall–Kier alpha value is -1.76. The Morgan fingerprint density at radius 2 is 2.32 bits per heavy atom. The molecule has 118 valence electrons. The lowest BCUT2D eigenvalue weighted by atomic mass is 9.95. The molecule has 2 saturated heterocycles. The molecule has 0 bridgehead atoms. The number of ether oxygens (including phenoxy) is 1. The fourth-order valence-corrected chi connectivity index (χ4v) is 3.58. The normalized spacial score (nSPS) is 24.8. The van der Waals surface area contributed by atoms with Crippen molar-refractivity contribution in [3.63, 3.8) is 0 Å². The van der Waals surface area contributed by atoms with Crippen molar-refractivity contribution in [2.24, 2.45) is 0 Å². The van der Waals surface area contributed by atoms with Crippen LogP contribution < -0.4 is 5.32 Å². The molecule has 1 unspecified atom stereocenters. The quantitative estimate of drug-likeness (QED) is 0.843. The van der Waals surface area contributed by atoms with Crippen LogP contribution in [0.2, 0.25) is 0 Å². The number of rotatable bonds is 2. The van der Waals surface area contributed by atoms with Gasteiger partial charge in [-0.3, -0.25) is 4.79 Å². The van der Waals surface area contributed by atoms with Crippen molar-refractivity contribution in [1.82, 2.24) is 15.2 Å². The van der Waals surface area contributed by atoms with Crippen LogP contribution in [0.1, 0.15) is 29.6 Å². The summed E-state index contributed by atoms with van der Waals surface area (Å²) in [4.78, 5) is 30.2. The van der Waals surface area contributed by atoms with Crippen molar-refractivity contribution in [2.45, 2.75) is 29.9 Å². The largest absolute Gasteiger partial charge is 0.441 e. The number of likely N-dealkylation sites (tertiary alicyclic amines) is 1. The standard InChI is InChI=1S/C15H19N3O3S/c1-22-12-11(4-2-7-16-12)13(19)18-8-3-5-15(6-9-18)10-17-14(20)21-15/h2,4,7H,3,5-6,8-10H2,1H3,(H,17,20). The van der Waals surface area contributed by atoms with Crippen LogP contribution >= 0.6 is 11.8 Å². The van der Waals surface area contributed by atoms with Crippen molar-refractivity contribution in [3.05, 3.63) is 23.9 Å². The lowest BCUT2D eigenvalue weighted by Gasteiger charge is -2.25. The zero-order valence-corrected chi connectivity index (χ0v) is 13.3. The molecule has 1 spiro atoms. The zero-order valence-electron chi connectivity index (χ0n) is 12.5. The summed E-state index contributed by atoms with van der Waals surface area (Å²) in [5.74, 6) is 0.00628. The minimum Gasteiger partial charge on any atom is -0.441 e. The molecule has 2 aliphatic heterocycles. The fourth-order valence-electron chi connectivity index (χ4n) is 3.04. The highest BCUT2D eigenvalue weighted by Crippen LogP contribution is 2.30. The van der Waals surface area contributed by atoms with Gasteiger partial charge in [0, 0.05) is 25.7 Å². The molecule has 3 rings (SSSR count). The molecule has 0 aromatic carbocycles. The maximum absolute atomic E-state index is 12.7. The topological polar surface area (TPSA) is 71.5 Å². The van der Waals surface area contributed by atoms with E-state index in [1.807, 2.05) is 17.2 Å². The Kier molecular flexibility index (Phi) is 4.24.